The predicted molar refractivity (Wildman–Crippen MR) is 116 cm³/mol. The second kappa shape index (κ2) is 8.71. The summed E-state index contributed by atoms with van der Waals surface area (Å²) in [5.41, 5.74) is 1.29. The number of hydrogen-bond donors (Lipinski definition) is 0. The highest BCUT2D eigenvalue weighted by molar-refractivity contribution is 6.22. The molecule has 2 heterocycles. The van der Waals surface area contributed by atoms with Crippen LogP contribution in [0.5, 0.6) is 11.5 Å². The quantitative estimate of drug-likeness (QED) is 0.662. The molecule has 2 aliphatic rings. The van der Waals surface area contributed by atoms with Crippen molar-refractivity contribution in [3.8, 4) is 11.5 Å². The van der Waals surface area contributed by atoms with Crippen LogP contribution in [-0.2, 0) is 0 Å². The molecule has 0 atom stereocenters. The maximum atomic E-state index is 12.8. The van der Waals surface area contributed by atoms with Crippen molar-refractivity contribution in [2.45, 2.75) is 46.6 Å². The normalized spacial score (nSPS) is 14.6. The first-order valence-electron chi connectivity index (χ1n) is 10.5. The maximum Gasteiger partial charge on any atom is 0.261 e. The van der Waals surface area contributed by atoms with Gasteiger partial charge in [0.1, 0.15) is 11.5 Å². The van der Waals surface area contributed by atoms with Gasteiger partial charge in [0.25, 0.3) is 23.6 Å². The van der Waals surface area contributed by atoms with E-state index in [9.17, 15) is 19.2 Å². The number of rotatable bonds is 5. The van der Waals surface area contributed by atoms with Gasteiger partial charge in [-0.1, -0.05) is 27.7 Å². The van der Waals surface area contributed by atoms with E-state index in [0.29, 0.717) is 41.0 Å². The lowest BCUT2D eigenvalue weighted by atomic mass is 10.1. The summed E-state index contributed by atoms with van der Waals surface area (Å²) in [6, 6.07) is 9.27. The molecular weight excluding hydrogens is 396 g/mol. The first-order valence-corrected chi connectivity index (χ1v) is 10.5. The zero-order valence-electron chi connectivity index (χ0n) is 18.4. The minimum absolute atomic E-state index is 0.135. The van der Waals surface area contributed by atoms with E-state index in [4.69, 9.17) is 4.74 Å². The highest BCUT2D eigenvalue weighted by Gasteiger charge is 2.39. The second-order valence-corrected chi connectivity index (χ2v) is 7.14. The third-order valence-electron chi connectivity index (χ3n) is 5.49. The second-order valence-electron chi connectivity index (χ2n) is 7.14. The predicted octanol–water partition coefficient (Wildman–Crippen LogP) is 4.52. The fourth-order valence-corrected chi connectivity index (χ4v) is 3.83. The van der Waals surface area contributed by atoms with E-state index in [1.165, 1.54) is 18.0 Å². The lowest BCUT2D eigenvalue weighted by Crippen LogP contribution is -2.39. The molecule has 0 aliphatic carbocycles. The van der Waals surface area contributed by atoms with Crippen molar-refractivity contribution in [2.24, 2.45) is 0 Å². The highest BCUT2D eigenvalue weighted by Crippen LogP contribution is 2.33. The molecule has 2 aromatic rings. The van der Waals surface area contributed by atoms with Gasteiger partial charge < -0.3 is 4.74 Å². The van der Waals surface area contributed by atoms with Crippen molar-refractivity contribution < 1.29 is 23.9 Å². The van der Waals surface area contributed by atoms with E-state index < -0.39 is 0 Å². The van der Waals surface area contributed by atoms with Gasteiger partial charge >= 0.3 is 0 Å². The fourth-order valence-electron chi connectivity index (χ4n) is 3.83. The van der Waals surface area contributed by atoms with Crippen LogP contribution >= 0.6 is 0 Å². The number of ether oxygens (including phenoxy) is 1. The van der Waals surface area contributed by atoms with E-state index in [0.717, 1.165) is 4.90 Å². The summed E-state index contributed by atoms with van der Waals surface area (Å²) < 4.78 is 5.82. The van der Waals surface area contributed by atoms with E-state index in [1.807, 2.05) is 27.7 Å². The molecular formula is C24H26N2O5. The average Bonchev–Trinajstić information content (AvgIpc) is 3.16. The van der Waals surface area contributed by atoms with Gasteiger partial charge in [-0.25, -0.2) is 0 Å². The summed E-state index contributed by atoms with van der Waals surface area (Å²) >= 11 is 0. The summed E-state index contributed by atoms with van der Waals surface area (Å²) in [5.74, 6) is -0.587. The van der Waals surface area contributed by atoms with Crippen LogP contribution in [0.1, 0.15) is 82.0 Å². The minimum atomic E-state index is -0.383. The number of carbonyl (C=O) groups is 4. The zero-order valence-corrected chi connectivity index (χ0v) is 18.4. The van der Waals surface area contributed by atoms with Crippen molar-refractivity contribution in [3.63, 3.8) is 0 Å². The van der Waals surface area contributed by atoms with Crippen LogP contribution < -0.4 is 4.74 Å². The summed E-state index contributed by atoms with van der Waals surface area (Å²) in [6.07, 6.45) is 1.39. The van der Waals surface area contributed by atoms with Gasteiger partial charge in [0.2, 0.25) is 0 Å². The number of fused-ring (bicyclic) bond motifs is 2. The molecule has 2 aliphatic heterocycles. The molecule has 0 spiro atoms. The molecule has 0 bridgehead atoms. The van der Waals surface area contributed by atoms with Crippen LogP contribution in [-0.4, -0.2) is 46.5 Å². The molecule has 7 heteroatoms. The summed E-state index contributed by atoms with van der Waals surface area (Å²) in [7, 11) is 1.43. The minimum Gasteiger partial charge on any atom is -0.457 e. The Kier molecular flexibility index (Phi) is 6.24. The molecule has 0 N–H and O–H groups in total. The lowest BCUT2D eigenvalue weighted by molar-refractivity contribution is 0.0573. The first kappa shape index (κ1) is 22.2. The van der Waals surface area contributed by atoms with E-state index >= 15 is 0 Å². The molecule has 4 rings (SSSR count). The summed E-state index contributed by atoms with van der Waals surface area (Å²) in [6.45, 7) is 7.90. The van der Waals surface area contributed by atoms with Gasteiger partial charge in [-0.05, 0) is 49.2 Å². The molecule has 0 saturated carbocycles. The number of amides is 4. The van der Waals surface area contributed by atoms with E-state index in [1.54, 1.807) is 30.3 Å². The van der Waals surface area contributed by atoms with Crippen LogP contribution in [0, 0.1) is 0 Å². The summed E-state index contributed by atoms with van der Waals surface area (Å²) in [5, 5.41) is 0. The van der Waals surface area contributed by atoms with Gasteiger partial charge in [0, 0.05) is 13.1 Å². The Morgan fingerprint density at radius 1 is 0.710 bits per heavy atom. The Morgan fingerprint density at radius 3 is 1.65 bits per heavy atom. The van der Waals surface area contributed by atoms with Crippen LogP contribution in [0.4, 0.5) is 0 Å². The monoisotopic (exact) mass is 422 g/mol. The van der Waals surface area contributed by atoms with Crippen LogP contribution in [0.3, 0.4) is 0 Å². The zero-order chi connectivity index (χ0) is 22.9. The highest BCUT2D eigenvalue weighted by atomic mass is 16.5. The first-order chi connectivity index (χ1) is 14.9. The maximum absolute atomic E-state index is 12.8. The van der Waals surface area contributed by atoms with E-state index in [2.05, 4.69) is 0 Å². The molecule has 7 nitrogen and oxygen atoms in total. The Labute approximate surface area is 181 Å². The topological polar surface area (TPSA) is 84.0 Å². The van der Waals surface area contributed by atoms with Crippen molar-refractivity contribution in [2.75, 3.05) is 7.05 Å². The van der Waals surface area contributed by atoms with Crippen molar-refractivity contribution in [1.82, 2.24) is 9.80 Å². The van der Waals surface area contributed by atoms with Crippen molar-refractivity contribution in [1.29, 1.82) is 0 Å². The van der Waals surface area contributed by atoms with E-state index in [-0.39, 0.29) is 35.2 Å². The van der Waals surface area contributed by atoms with Crippen molar-refractivity contribution >= 4 is 23.6 Å². The number of imide groups is 2. The third-order valence-corrected chi connectivity index (χ3v) is 5.49. The standard InChI is InChI=1S/C22H20N2O5.C2H6/c1-4-12(5-2)24-21(27)16-9-7-14(11-18(16)22(24)28)29-13-6-8-15-17(10-13)20(26)23(3)19(15)25;1-2/h6-12H,4-5H2,1-3H3;1-2H3. The molecule has 0 fully saturated rings. The van der Waals surface area contributed by atoms with Crippen molar-refractivity contribution in [3.05, 3.63) is 58.7 Å². The van der Waals surface area contributed by atoms with Gasteiger partial charge in [0.05, 0.1) is 22.3 Å². The Balaban J connectivity index is 0.00000132. The molecule has 4 amide bonds. The molecule has 2 aromatic carbocycles. The molecule has 0 unspecified atom stereocenters. The van der Waals surface area contributed by atoms with Crippen LogP contribution in [0.25, 0.3) is 0 Å². The summed E-state index contributed by atoms with van der Waals surface area (Å²) in [4.78, 5) is 52.0. The third kappa shape index (κ3) is 3.60. The Bertz CT molecular complexity index is 1070. The van der Waals surface area contributed by atoms with Crippen LogP contribution in [0.2, 0.25) is 0 Å². The number of hydrogen-bond acceptors (Lipinski definition) is 5. The molecule has 162 valence electrons. The SMILES string of the molecule is CC.CCC(CC)N1C(=O)c2ccc(Oc3ccc4c(c3)C(=O)N(C)C4=O)cc2C1=O. The Hall–Kier alpha value is -3.48. The largest absolute Gasteiger partial charge is 0.457 e. The Morgan fingerprint density at radius 2 is 1.13 bits per heavy atom. The smallest absolute Gasteiger partial charge is 0.261 e. The lowest BCUT2D eigenvalue weighted by Gasteiger charge is -2.23. The number of carbonyl (C=O) groups excluding carboxylic acids is 4. The number of benzene rings is 2. The molecule has 31 heavy (non-hydrogen) atoms. The van der Waals surface area contributed by atoms with Gasteiger partial charge in [-0.3, -0.25) is 29.0 Å². The average molecular weight is 422 g/mol. The molecule has 0 saturated heterocycles. The van der Waals surface area contributed by atoms with Crippen LogP contribution in [0.15, 0.2) is 36.4 Å². The van der Waals surface area contributed by atoms with Gasteiger partial charge in [0.15, 0.2) is 0 Å². The fraction of sp³-hybridized carbons (Fsp3) is 0.333. The molecule has 0 aromatic heterocycles. The van der Waals surface area contributed by atoms with Gasteiger partial charge in [-0.2, -0.15) is 0 Å². The van der Waals surface area contributed by atoms with Gasteiger partial charge in [-0.15, -0.1) is 0 Å². The molecule has 0 radical (unpaired) electrons. The number of nitrogens with zero attached hydrogens (tertiary/aromatic N) is 2.